The lowest BCUT2D eigenvalue weighted by atomic mass is 10.0. The molecule has 0 amide bonds. The molecule has 29 heavy (non-hydrogen) atoms. The van der Waals surface area contributed by atoms with Gasteiger partial charge in [0.15, 0.2) is 6.23 Å². The quantitative estimate of drug-likeness (QED) is 0.612. The van der Waals surface area contributed by atoms with Gasteiger partial charge in [0.2, 0.25) is 0 Å². The second-order valence-corrected chi connectivity index (χ2v) is 7.09. The maximum Gasteiger partial charge on any atom is 0.195 e. The maximum atomic E-state index is 6.41. The van der Waals surface area contributed by atoms with E-state index >= 15 is 0 Å². The molecule has 0 spiro atoms. The third kappa shape index (κ3) is 3.28. The van der Waals surface area contributed by atoms with E-state index in [1.807, 2.05) is 30.3 Å². The van der Waals surface area contributed by atoms with E-state index in [0.717, 1.165) is 33.9 Å². The number of nitrogens with zero attached hydrogens (tertiary/aromatic N) is 1. The molecule has 144 valence electrons. The molecule has 1 N–H and O–H groups in total. The second kappa shape index (κ2) is 7.49. The molecular weight excluding hydrogens is 360 g/mol. The van der Waals surface area contributed by atoms with E-state index in [4.69, 9.17) is 9.47 Å². The van der Waals surface area contributed by atoms with E-state index in [2.05, 4.69) is 71.6 Å². The van der Waals surface area contributed by atoms with Crippen molar-refractivity contribution < 1.29 is 9.47 Å². The van der Waals surface area contributed by atoms with Gasteiger partial charge in [0.1, 0.15) is 18.1 Å². The lowest BCUT2D eigenvalue weighted by Gasteiger charge is -2.39. The number of fused-ring (bicyclic) bond motifs is 3. The summed E-state index contributed by atoms with van der Waals surface area (Å²) < 4.78 is 12.0. The predicted octanol–water partition coefficient (Wildman–Crippen LogP) is 5.25. The Morgan fingerprint density at radius 2 is 1.72 bits per heavy atom. The van der Waals surface area contributed by atoms with Crippen molar-refractivity contribution in [1.82, 2.24) is 10.4 Å². The Labute approximate surface area is 170 Å². The Balaban J connectivity index is 1.49. The summed E-state index contributed by atoms with van der Waals surface area (Å²) in [5.41, 5.74) is 8.04. The van der Waals surface area contributed by atoms with E-state index < -0.39 is 0 Å². The predicted molar refractivity (Wildman–Crippen MR) is 114 cm³/mol. The van der Waals surface area contributed by atoms with Gasteiger partial charge < -0.3 is 14.9 Å². The van der Waals surface area contributed by atoms with Gasteiger partial charge in [-0.1, -0.05) is 73.3 Å². The summed E-state index contributed by atoms with van der Waals surface area (Å²) in [5, 5.41) is 2.17. The summed E-state index contributed by atoms with van der Waals surface area (Å²) >= 11 is 0. The van der Waals surface area contributed by atoms with Crippen LogP contribution in [-0.4, -0.2) is 11.6 Å². The van der Waals surface area contributed by atoms with Crippen LogP contribution in [0.15, 0.2) is 97.6 Å². The van der Waals surface area contributed by atoms with Gasteiger partial charge in [0.05, 0.1) is 11.7 Å². The first-order valence-corrected chi connectivity index (χ1v) is 9.75. The fraction of sp³-hybridized carbons (Fsp3) is 0.120. The van der Waals surface area contributed by atoms with E-state index in [1.54, 1.807) is 6.08 Å². The Morgan fingerprint density at radius 1 is 0.966 bits per heavy atom. The Morgan fingerprint density at radius 3 is 2.52 bits per heavy atom. The third-order valence-electron chi connectivity index (χ3n) is 5.22. The van der Waals surface area contributed by atoms with Crippen LogP contribution in [0.25, 0.3) is 5.70 Å². The first kappa shape index (κ1) is 17.6. The van der Waals surface area contributed by atoms with Crippen LogP contribution in [-0.2, 0) is 0 Å². The number of nitrogens with one attached hydrogen (secondary N) is 1. The van der Waals surface area contributed by atoms with Crippen molar-refractivity contribution in [2.75, 3.05) is 6.61 Å². The van der Waals surface area contributed by atoms with Gasteiger partial charge in [-0.15, -0.1) is 0 Å². The number of para-hydroxylation sites is 1. The molecule has 2 heterocycles. The topological polar surface area (TPSA) is 33.7 Å². The van der Waals surface area contributed by atoms with Gasteiger partial charge in [-0.3, -0.25) is 0 Å². The van der Waals surface area contributed by atoms with Crippen molar-refractivity contribution in [1.29, 1.82) is 0 Å². The molecule has 0 saturated carbocycles. The van der Waals surface area contributed by atoms with Crippen molar-refractivity contribution >= 4 is 5.70 Å². The lowest BCUT2D eigenvalue weighted by molar-refractivity contribution is -0.0326. The monoisotopic (exact) mass is 382 g/mol. The fourth-order valence-electron chi connectivity index (χ4n) is 3.83. The van der Waals surface area contributed by atoms with Crippen molar-refractivity contribution in [2.24, 2.45) is 0 Å². The first-order valence-electron chi connectivity index (χ1n) is 9.75. The van der Waals surface area contributed by atoms with Crippen molar-refractivity contribution in [2.45, 2.75) is 12.3 Å². The van der Waals surface area contributed by atoms with Crippen LogP contribution in [0.1, 0.15) is 29.0 Å². The molecule has 0 radical (unpaired) electrons. The zero-order chi connectivity index (χ0) is 19.6. The molecular formula is C25H22N2O2. The van der Waals surface area contributed by atoms with Gasteiger partial charge in [0, 0.05) is 11.1 Å². The molecule has 0 bridgehead atoms. The van der Waals surface area contributed by atoms with Crippen LogP contribution in [0.2, 0.25) is 0 Å². The summed E-state index contributed by atoms with van der Waals surface area (Å²) in [6, 6.07) is 26.7. The molecule has 0 aliphatic carbocycles. The molecule has 0 unspecified atom stereocenters. The molecule has 0 fully saturated rings. The van der Waals surface area contributed by atoms with E-state index in [-0.39, 0.29) is 12.3 Å². The Hall–Kier alpha value is -3.50. The Bertz CT molecular complexity index is 1040. The standard InChI is InChI=1S/C25H22N2O2/c1-2-16-28-20-14-12-19(13-15-20)25-27-23(21-10-6-7-11-24(21)29-25)17-22(26-27)18-8-4-3-5-9-18/h2-15,17,23,25-26H,1,16H2/t23-,25+/m0/s1. The first-order chi connectivity index (χ1) is 14.3. The highest BCUT2D eigenvalue weighted by molar-refractivity contribution is 5.67. The highest BCUT2D eigenvalue weighted by atomic mass is 16.5. The van der Waals surface area contributed by atoms with E-state index in [1.165, 1.54) is 0 Å². The van der Waals surface area contributed by atoms with Crippen LogP contribution in [0.4, 0.5) is 0 Å². The third-order valence-corrected chi connectivity index (χ3v) is 5.22. The van der Waals surface area contributed by atoms with E-state index in [0.29, 0.717) is 6.61 Å². The minimum Gasteiger partial charge on any atom is -0.490 e. The van der Waals surface area contributed by atoms with Crippen molar-refractivity contribution in [3.63, 3.8) is 0 Å². The second-order valence-electron chi connectivity index (χ2n) is 7.09. The normalized spacial score (nSPS) is 19.9. The van der Waals surface area contributed by atoms with Crippen LogP contribution in [0.3, 0.4) is 0 Å². The molecule has 3 aromatic carbocycles. The lowest BCUT2D eigenvalue weighted by Crippen LogP contribution is -2.43. The average molecular weight is 382 g/mol. The average Bonchev–Trinajstić information content (AvgIpc) is 3.24. The molecule has 5 rings (SSSR count). The number of hydrogen-bond acceptors (Lipinski definition) is 4. The Kier molecular flexibility index (Phi) is 4.54. The number of rotatable bonds is 5. The number of benzene rings is 3. The largest absolute Gasteiger partial charge is 0.490 e. The SMILES string of the molecule is C=CCOc1ccc([C@H]2Oc3ccccc3[C@@H]3C=C(c4ccccc4)NN23)cc1. The molecule has 2 aliphatic heterocycles. The summed E-state index contributed by atoms with van der Waals surface area (Å²) in [4.78, 5) is 0. The zero-order valence-electron chi connectivity index (χ0n) is 16.0. The van der Waals surface area contributed by atoms with E-state index in [9.17, 15) is 0 Å². The summed E-state index contributed by atoms with van der Waals surface area (Å²) in [7, 11) is 0. The number of hydrazine groups is 1. The van der Waals surface area contributed by atoms with Crippen molar-refractivity contribution in [3.8, 4) is 11.5 Å². The van der Waals surface area contributed by atoms with Gasteiger partial charge in [-0.2, -0.15) is 5.01 Å². The van der Waals surface area contributed by atoms with Crippen LogP contribution >= 0.6 is 0 Å². The zero-order valence-corrected chi connectivity index (χ0v) is 16.0. The summed E-state index contributed by atoms with van der Waals surface area (Å²) in [6.45, 7) is 4.18. The van der Waals surface area contributed by atoms with Crippen LogP contribution < -0.4 is 14.9 Å². The molecule has 4 heteroatoms. The summed E-state index contributed by atoms with van der Waals surface area (Å²) in [5.74, 6) is 1.73. The van der Waals surface area contributed by atoms with Gasteiger partial charge >= 0.3 is 0 Å². The molecule has 2 atom stereocenters. The van der Waals surface area contributed by atoms with Gasteiger partial charge in [0.25, 0.3) is 0 Å². The summed E-state index contributed by atoms with van der Waals surface area (Å²) in [6.07, 6.45) is 3.76. The molecule has 3 aromatic rings. The smallest absolute Gasteiger partial charge is 0.195 e. The number of ether oxygens (including phenoxy) is 2. The molecule has 0 saturated heterocycles. The molecule has 2 aliphatic rings. The fourth-order valence-corrected chi connectivity index (χ4v) is 3.83. The molecule has 4 nitrogen and oxygen atoms in total. The van der Waals surface area contributed by atoms with Crippen molar-refractivity contribution in [3.05, 3.63) is 114 Å². The minimum atomic E-state index is -0.249. The van der Waals surface area contributed by atoms with Crippen LogP contribution in [0, 0.1) is 0 Å². The van der Waals surface area contributed by atoms with Gasteiger partial charge in [-0.05, 0) is 29.8 Å². The highest BCUT2D eigenvalue weighted by Gasteiger charge is 2.39. The maximum absolute atomic E-state index is 6.41. The van der Waals surface area contributed by atoms with Gasteiger partial charge in [-0.25, -0.2) is 0 Å². The minimum absolute atomic E-state index is 0.0943. The number of hydrogen-bond donors (Lipinski definition) is 1. The molecule has 0 aromatic heterocycles. The highest BCUT2D eigenvalue weighted by Crippen LogP contribution is 2.45. The van der Waals surface area contributed by atoms with Crippen LogP contribution in [0.5, 0.6) is 11.5 Å².